The summed E-state index contributed by atoms with van der Waals surface area (Å²) in [5.41, 5.74) is 1.55. The molecule has 1 amide bonds. The average molecular weight is 360 g/mol. The molecule has 132 valence electrons. The van der Waals surface area contributed by atoms with Gasteiger partial charge in [0.15, 0.2) is 12.4 Å². The van der Waals surface area contributed by atoms with Crippen molar-refractivity contribution in [3.63, 3.8) is 0 Å². The Morgan fingerprint density at radius 1 is 1.12 bits per heavy atom. The lowest BCUT2D eigenvalue weighted by Crippen LogP contribution is -2.35. The van der Waals surface area contributed by atoms with Gasteiger partial charge in [-0.25, -0.2) is 0 Å². The van der Waals surface area contributed by atoms with E-state index in [1.165, 1.54) is 6.92 Å². The molecule has 25 heavy (non-hydrogen) atoms. The molecule has 5 heteroatoms. The van der Waals surface area contributed by atoms with Crippen molar-refractivity contribution < 1.29 is 14.3 Å². The van der Waals surface area contributed by atoms with Crippen molar-refractivity contribution in [1.29, 1.82) is 0 Å². The van der Waals surface area contributed by atoms with Crippen LogP contribution in [-0.4, -0.2) is 18.3 Å². The molecule has 2 rings (SSSR count). The highest BCUT2D eigenvalue weighted by Crippen LogP contribution is 2.23. The maximum absolute atomic E-state index is 12.3. The Balaban J connectivity index is 1.98. The Labute approximate surface area is 153 Å². The molecule has 2 aromatic rings. The summed E-state index contributed by atoms with van der Waals surface area (Å²) in [6, 6.07) is 14.1. The molecule has 4 nitrogen and oxygen atoms in total. The molecule has 0 saturated heterocycles. The zero-order chi connectivity index (χ0) is 18.4. The fraction of sp³-hybridized carbons (Fsp3) is 0.300. The number of carbonyl (C=O) groups excluding carboxylic acids is 2. The van der Waals surface area contributed by atoms with Gasteiger partial charge in [0.2, 0.25) is 0 Å². The second-order valence-corrected chi connectivity index (χ2v) is 6.65. The molecule has 2 aromatic carbocycles. The molecule has 0 aliphatic carbocycles. The van der Waals surface area contributed by atoms with Crippen LogP contribution in [0.5, 0.6) is 5.75 Å². The molecule has 0 fully saturated rings. The third kappa shape index (κ3) is 5.61. The number of ether oxygens (including phenoxy) is 1. The Kier molecular flexibility index (Phi) is 6.59. The summed E-state index contributed by atoms with van der Waals surface area (Å²) >= 11 is 5.92. The van der Waals surface area contributed by atoms with E-state index in [1.54, 1.807) is 24.3 Å². The highest BCUT2D eigenvalue weighted by Gasteiger charge is 2.18. The second kappa shape index (κ2) is 8.67. The van der Waals surface area contributed by atoms with E-state index < -0.39 is 0 Å². The predicted octanol–water partition coefficient (Wildman–Crippen LogP) is 4.43. The summed E-state index contributed by atoms with van der Waals surface area (Å²) in [6.07, 6.45) is 0. The SMILES string of the molecule is CC(=O)c1cccc(OCC(=O)N[C@H](c2ccc(Cl)cc2)C(C)C)c1. The van der Waals surface area contributed by atoms with Crippen LogP contribution < -0.4 is 10.1 Å². The average Bonchev–Trinajstić information content (AvgIpc) is 2.59. The first-order chi connectivity index (χ1) is 11.9. The number of carbonyl (C=O) groups is 2. The van der Waals surface area contributed by atoms with E-state index >= 15 is 0 Å². The molecule has 0 spiro atoms. The number of Topliss-reactive ketones (excluding diaryl/α,β-unsaturated/α-hetero) is 1. The number of amides is 1. The van der Waals surface area contributed by atoms with Gasteiger partial charge in [0.1, 0.15) is 5.75 Å². The fourth-order valence-corrected chi connectivity index (χ4v) is 2.60. The van der Waals surface area contributed by atoms with Gasteiger partial charge in [-0.3, -0.25) is 9.59 Å². The summed E-state index contributed by atoms with van der Waals surface area (Å²) in [4.78, 5) is 23.7. The molecule has 1 N–H and O–H groups in total. The Morgan fingerprint density at radius 3 is 2.40 bits per heavy atom. The fourth-order valence-electron chi connectivity index (χ4n) is 2.47. The first-order valence-electron chi connectivity index (χ1n) is 8.15. The molecule has 0 aromatic heterocycles. The van der Waals surface area contributed by atoms with Gasteiger partial charge in [-0.1, -0.05) is 49.7 Å². The molecule has 1 atom stereocenters. The Morgan fingerprint density at radius 2 is 1.80 bits per heavy atom. The van der Waals surface area contributed by atoms with Gasteiger partial charge < -0.3 is 10.1 Å². The molecule has 0 heterocycles. The third-order valence-electron chi connectivity index (χ3n) is 3.82. The van der Waals surface area contributed by atoms with Crippen molar-refractivity contribution in [3.8, 4) is 5.75 Å². The van der Waals surface area contributed by atoms with Gasteiger partial charge in [0.25, 0.3) is 5.91 Å². The van der Waals surface area contributed by atoms with Crippen molar-refractivity contribution in [1.82, 2.24) is 5.32 Å². The zero-order valence-electron chi connectivity index (χ0n) is 14.6. The van der Waals surface area contributed by atoms with Crippen molar-refractivity contribution in [2.75, 3.05) is 6.61 Å². The molecule has 0 radical (unpaired) electrons. The van der Waals surface area contributed by atoms with Crippen LogP contribution in [0.25, 0.3) is 0 Å². The van der Waals surface area contributed by atoms with Crippen LogP contribution in [0.15, 0.2) is 48.5 Å². The summed E-state index contributed by atoms with van der Waals surface area (Å²) in [5, 5.41) is 3.64. The van der Waals surface area contributed by atoms with Gasteiger partial charge >= 0.3 is 0 Å². The minimum absolute atomic E-state index is 0.0440. The first-order valence-corrected chi connectivity index (χ1v) is 8.53. The van der Waals surface area contributed by atoms with Crippen LogP contribution >= 0.6 is 11.6 Å². The lowest BCUT2D eigenvalue weighted by Gasteiger charge is -2.23. The molecule has 0 bridgehead atoms. The van der Waals surface area contributed by atoms with Crippen molar-refractivity contribution >= 4 is 23.3 Å². The standard InChI is InChI=1S/C20H22ClNO3/c1-13(2)20(15-7-9-17(21)10-8-15)22-19(24)12-25-18-6-4-5-16(11-18)14(3)23/h4-11,13,20H,12H2,1-3H3,(H,22,24)/t20-/m0/s1. The smallest absolute Gasteiger partial charge is 0.258 e. The number of halogens is 1. The number of benzene rings is 2. The summed E-state index contributed by atoms with van der Waals surface area (Å²) in [7, 11) is 0. The van der Waals surface area contributed by atoms with E-state index in [4.69, 9.17) is 16.3 Å². The number of nitrogens with one attached hydrogen (secondary N) is 1. The van der Waals surface area contributed by atoms with Crippen LogP contribution in [-0.2, 0) is 4.79 Å². The molecule has 0 unspecified atom stereocenters. The van der Waals surface area contributed by atoms with Crippen LogP contribution in [0.4, 0.5) is 0 Å². The molecule has 0 aliphatic rings. The second-order valence-electron chi connectivity index (χ2n) is 6.21. The van der Waals surface area contributed by atoms with Crippen LogP contribution in [0.1, 0.15) is 42.7 Å². The van der Waals surface area contributed by atoms with E-state index in [0.29, 0.717) is 16.3 Å². The molecular formula is C20H22ClNO3. The Hall–Kier alpha value is -2.33. The molecule has 0 aliphatic heterocycles. The largest absolute Gasteiger partial charge is 0.484 e. The van der Waals surface area contributed by atoms with Crippen LogP contribution in [0.2, 0.25) is 5.02 Å². The lowest BCUT2D eigenvalue weighted by atomic mass is 9.96. The lowest BCUT2D eigenvalue weighted by molar-refractivity contribution is -0.124. The first kappa shape index (κ1) is 19.0. The number of ketones is 1. The van der Waals surface area contributed by atoms with E-state index in [1.807, 2.05) is 38.1 Å². The van der Waals surface area contributed by atoms with Crippen molar-refractivity contribution in [2.45, 2.75) is 26.8 Å². The number of rotatable bonds is 7. The zero-order valence-corrected chi connectivity index (χ0v) is 15.3. The number of hydrogen-bond donors (Lipinski definition) is 1. The topological polar surface area (TPSA) is 55.4 Å². The van der Waals surface area contributed by atoms with E-state index in [2.05, 4.69) is 5.32 Å². The van der Waals surface area contributed by atoms with Crippen LogP contribution in [0, 0.1) is 5.92 Å². The molecule has 0 saturated carbocycles. The van der Waals surface area contributed by atoms with Gasteiger partial charge in [0, 0.05) is 10.6 Å². The monoisotopic (exact) mass is 359 g/mol. The van der Waals surface area contributed by atoms with Gasteiger partial charge in [-0.2, -0.15) is 0 Å². The maximum Gasteiger partial charge on any atom is 0.258 e. The van der Waals surface area contributed by atoms with Gasteiger partial charge in [-0.15, -0.1) is 0 Å². The minimum atomic E-state index is -0.220. The maximum atomic E-state index is 12.3. The number of hydrogen-bond acceptors (Lipinski definition) is 3. The summed E-state index contributed by atoms with van der Waals surface area (Å²) < 4.78 is 5.51. The van der Waals surface area contributed by atoms with Gasteiger partial charge in [-0.05, 0) is 42.7 Å². The van der Waals surface area contributed by atoms with E-state index in [9.17, 15) is 9.59 Å². The van der Waals surface area contributed by atoms with Crippen LogP contribution in [0.3, 0.4) is 0 Å². The highest BCUT2D eigenvalue weighted by atomic mass is 35.5. The minimum Gasteiger partial charge on any atom is -0.484 e. The highest BCUT2D eigenvalue weighted by molar-refractivity contribution is 6.30. The Bertz CT molecular complexity index is 741. The van der Waals surface area contributed by atoms with Crippen molar-refractivity contribution in [2.24, 2.45) is 5.92 Å². The quantitative estimate of drug-likeness (QED) is 0.744. The van der Waals surface area contributed by atoms with E-state index in [-0.39, 0.29) is 30.3 Å². The normalized spacial score (nSPS) is 11.9. The molecular weight excluding hydrogens is 338 g/mol. The predicted molar refractivity (Wildman–Crippen MR) is 99.1 cm³/mol. The third-order valence-corrected chi connectivity index (χ3v) is 4.07. The summed E-state index contributed by atoms with van der Waals surface area (Å²) in [6.45, 7) is 5.46. The van der Waals surface area contributed by atoms with Crippen molar-refractivity contribution in [3.05, 3.63) is 64.7 Å². The summed E-state index contributed by atoms with van der Waals surface area (Å²) in [5.74, 6) is 0.445. The van der Waals surface area contributed by atoms with E-state index in [0.717, 1.165) is 5.56 Å². The van der Waals surface area contributed by atoms with Gasteiger partial charge in [0.05, 0.1) is 6.04 Å².